The highest BCUT2D eigenvalue weighted by Crippen LogP contribution is 2.23. The molecule has 0 bridgehead atoms. The Balaban J connectivity index is 2.22. The van der Waals surface area contributed by atoms with Gasteiger partial charge in [-0.25, -0.2) is 10.8 Å². The van der Waals surface area contributed by atoms with Crippen LogP contribution in [-0.2, 0) is 6.54 Å². The van der Waals surface area contributed by atoms with Gasteiger partial charge in [-0.15, -0.1) is 0 Å². The fourth-order valence-corrected chi connectivity index (χ4v) is 1.68. The van der Waals surface area contributed by atoms with E-state index in [1.165, 1.54) is 11.8 Å². The van der Waals surface area contributed by atoms with Gasteiger partial charge in [0.05, 0.1) is 12.4 Å². The number of hydrogen-bond donors (Lipinski definition) is 2. The molecule has 18 heavy (non-hydrogen) atoms. The van der Waals surface area contributed by atoms with Gasteiger partial charge in [0, 0.05) is 12.6 Å². The molecule has 0 aromatic carbocycles. The number of hydrogen-bond acceptors (Lipinski definition) is 7. The Bertz CT molecular complexity index is 507. The van der Waals surface area contributed by atoms with E-state index in [9.17, 15) is 0 Å². The van der Waals surface area contributed by atoms with E-state index in [2.05, 4.69) is 20.5 Å². The summed E-state index contributed by atoms with van der Waals surface area (Å²) in [6.45, 7) is 2.79. The van der Waals surface area contributed by atoms with Crippen LogP contribution in [0.1, 0.15) is 6.92 Å². The van der Waals surface area contributed by atoms with E-state index in [0.717, 1.165) is 6.54 Å². The lowest BCUT2D eigenvalue weighted by Gasteiger charge is -2.06. The molecule has 96 valence electrons. The lowest BCUT2D eigenvalue weighted by Crippen LogP contribution is -2.09. The Kier molecular flexibility index (Phi) is 4.00. The summed E-state index contributed by atoms with van der Waals surface area (Å²) < 4.78 is 7.37. The first-order valence-corrected chi connectivity index (χ1v) is 6.57. The van der Waals surface area contributed by atoms with Crippen LogP contribution in [0.2, 0.25) is 0 Å². The van der Waals surface area contributed by atoms with E-state index < -0.39 is 0 Å². The number of rotatable bonds is 5. The van der Waals surface area contributed by atoms with Crippen molar-refractivity contribution in [1.82, 2.24) is 19.7 Å². The second-order valence-electron chi connectivity index (χ2n) is 3.36. The molecule has 2 heterocycles. The van der Waals surface area contributed by atoms with Gasteiger partial charge >= 0.3 is 0 Å². The minimum atomic E-state index is 0.429. The molecule has 0 fully saturated rings. The molecular formula is C10H14N6OS. The molecule has 0 unspecified atom stereocenters. The van der Waals surface area contributed by atoms with Crippen LogP contribution in [0.25, 0.3) is 0 Å². The van der Waals surface area contributed by atoms with Crippen molar-refractivity contribution in [3.63, 3.8) is 0 Å². The first kappa shape index (κ1) is 12.7. The largest absolute Gasteiger partial charge is 0.435 e. The molecule has 0 saturated heterocycles. The Hall–Kier alpha value is -1.80. The molecule has 0 saturated carbocycles. The quantitative estimate of drug-likeness (QED) is 0.366. The van der Waals surface area contributed by atoms with Gasteiger partial charge in [-0.05, 0) is 13.2 Å². The van der Waals surface area contributed by atoms with Gasteiger partial charge in [0.25, 0.3) is 0 Å². The third-order valence-corrected chi connectivity index (χ3v) is 2.72. The highest BCUT2D eigenvalue weighted by Gasteiger charge is 2.06. The van der Waals surface area contributed by atoms with E-state index >= 15 is 0 Å². The van der Waals surface area contributed by atoms with Crippen LogP contribution in [0.4, 0.5) is 5.82 Å². The van der Waals surface area contributed by atoms with Crippen LogP contribution in [0.3, 0.4) is 0 Å². The van der Waals surface area contributed by atoms with Gasteiger partial charge < -0.3 is 10.2 Å². The molecule has 0 aliphatic heterocycles. The highest BCUT2D eigenvalue weighted by molar-refractivity contribution is 7.98. The Morgan fingerprint density at radius 2 is 2.33 bits per heavy atom. The average Bonchev–Trinajstić information content (AvgIpc) is 2.85. The molecule has 0 atom stereocenters. The number of nitrogens with two attached hydrogens (primary N) is 1. The lowest BCUT2D eigenvalue weighted by atomic mass is 10.5. The van der Waals surface area contributed by atoms with E-state index in [1.807, 2.05) is 13.2 Å². The summed E-state index contributed by atoms with van der Waals surface area (Å²) >= 11 is 1.41. The standard InChI is InChI=1S/C10H14N6OS/c1-3-16-6-7(5-12-16)17-9-4-8(15-11)13-10(14-9)18-2/h4-6H,3,11H2,1-2H3,(H,13,14,15). The fraction of sp³-hybridized carbons (Fsp3) is 0.300. The monoisotopic (exact) mass is 266 g/mol. The molecule has 0 aliphatic carbocycles. The smallest absolute Gasteiger partial charge is 0.225 e. The van der Waals surface area contributed by atoms with Crippen molar-refractivity contribution in [2.75, 3.05) is 11.7 Å². The number of aromatic nitrogens is 4. The number of thioether (sulfide) groups is 1. The summed E-state index contributed by atoms with van der Waals surface area (Å²) in [6, 6.07) is 1.63. The molecule has 8 heteroatoms. The summed E-state index contributed by atoms with van der Waals surface area (Å²) in [4.78, 5) is 8.38. The second kappa shape index (κ2) is 5.69. The SMILES string of the molecule is CCn1cc(Oc2cc(NN)nc(SC)n2)cn1. The molecule has 2 aromatic rings. The molecule has 0 spiro atoms. The molecule has 0 amide bonds. The average molecular weight is 266 g/mol. The zero-order valence-electron chi connectivity index (χ0n) is 10.1. The van der Waals surface area contributed by atoms with Crippen LogP contribution >= 0.6 is 11.8 Å². The summed E-state index contributed by atoms with van der Waals surface area (Å²) in [5.74, 6) is 6.91. The van der Waals surface area contributed by atoms with Gasteiger partial charge in [-0.3, -0.25) is 4.68 Å². The predicted octanol–water partition coefficient (Wildman–Crippen LogP) is 1.49. The minimum absolute atomic E-state index is 0.429. The maximum atomic E-state index is 5.60. The minimum Gasteiger partial charge on any atom is -0.435 e. The number of ether oxygens (including phenoxy) is 1. The van der Waals surface area contributed by atoms with E-state index in [-0.39, 0.29) is 0 Å². The number of nitrogen functional groups attached to an aromatic ring is 1. The molecule has 2 aromatic heterocycles. The summed E-state index contributed by atoms with van der Waals surface area (Å²) in [6.07, 6.45) is 5.32. The zero-order valence-corrected chi connectivity index (χ0v) is 10.9. The van der Waals surface area contributed by atoms with Gasteiger partial charge in [-0.2, -0.15) is 10.1 Å². The van der Waals surface area contributed by atoms with Gasteiger partial charge in [0.2, 0.25) is 5.88 Å². The van der Waals surface area contributed by atoms with Crippen LogP contribution < -0.4 is 16.0 Å². The number of nitrogens with zero attached hydrogens (tertiary/aromatic N) is 4. The van der Waals surface area contributed by atoms with Crippen molar-refractivity contribution in [2.24, 2.45) is 5.84 Å². The first-order chi connectivity index (χ1) is 8.75. The third-order valence-electron chi connectivity index (χ3n) is 2.17. The van der Waals surface area contributed by atoms with Crippen molar-refractivity contribution >= 4 is 17.6 Å². The van der Waals surface area contributed by atoms with Gasteiger partial charge in [0.1, 0.15) is 5.82 Å². The molecule has 0 aliphatic rings. The van der Waals surface area contributed by atoms with Crippen molar-refractivity contribution in [3.8, 4) is 11.6 Å². The van der Waals surface area contributed by atoms with Crippen molar-refractivity contribution in [3.05, 3.63) is 18.5 Å². The zero-order chi connectivity index (χ0) is 13.0. The van der Waals surface area contributed by atoms with Crippen molar-refractivity contribution < 1.29 is 4.74 Å². The number of anilines is 1. The van der Waals surface area contributed by atoms with Crippen molar-refractivity contribution in [2.45, 2.75) is 18.6 Å². The number of aryl methyl sites for hydroxylation is 1. The van der Waals surface area contributed by atoms with Crippen LogP contribution in [0, 0.1) is 0 Å². The van der Waals surface area contributed by atoms with Gasteiger partial charge in [0.15, 0.2) is 10.9 Å². The highest BCUT2D eigenvalue weighted by atomic mass is 32.2. The maximum Gasteiger partial charge on any atom is 0.225 e. The van der Waals surface area contributed by atoms with E-state index in [1.54, 1.807) is 23.1 Å². The van der Waals surface area contributed by atoms with Crippen LogP contribution in [0.5, 0.6) is 11.6 Å². The Morgan fingerprint density at radius 1 is 1.50 bits per heavy atom. The topological polar surface area (TPSA) is 90.9 Å². The molecular weight excluding hydrogens is 252 g/mol. The lowest BCUT2D eigenvalue weighted by molar-refractivity contribution is 0.455. The molecule has 3 N–H and O–H groups in total. The third kappa shape index (κ3) is 2.90. The summed E-state index contributed by atoms with van der Waals surface area (Å²) in [7, 11) is 0. The summed E-state index contributed by atoms with van der Waals surface area (Å²) in [5, 5.41) is 4.71. The molecule has 0 radical (unpaired) electrons. The summed E-state index contributed by atoms with van der Waals surface area (Å²) in [5.41, 5.74) is 2.48. The first-order valence-electron chi connectivity index (χ1n) is 5.35. The van der Waals surface area contributed by atoms with Crippen molar-refractivity contribution in [1.29, 1.82) is 0 Å². The fourth-order valence-electron chi connectivity index (χ4n) is 1.31. The molecule has 2 rings (SSSR count). The Labute approximate surface area is 109 Å². The molecule has 7 nitrogen and oxygen atoms in total. The normalized spacial score (nSPS) is 10.4. The predicted molar refractivity (Wildman–Crippen MR) is 69.6 cm³/mol. The van der Waals surface area contributed by atoms with E-state index in [4.69, 9.17) is 10.6 Å². The number of nitrogens with one attached hydrogen (secondary N) is 1. The number of hydrazine groups is 1. The Morgan fingerprint density at radius 3 is 2.94 bits per heavy atom. The van der Waals surface area contributed by atoms with Crippen LogP contribution in [-0.4, -0.2) is 26.0 Å². The van der Waals surface area contributed by atoms with Crippen LogP contribution in [0.15, 0.2) is 23.6 Å². The van der Waals surface area contributed by atoms with Gasteiger partial charge in [-0.1, -0.05) is 11.8 Å². The maximum absolute atomic E-state index is 5.60. The second-order valence-corrected chi connectivity index (χ2v) is 4.13. The van der Waals surface area contributed by atoms with E-state index in [0.29, 0.717) is 22.6 Å².